The summed E-state index contributed by atoms with van der Waals surface area (Å²) in [5, 5.41) is 24.3. The topological polar surface area (TPSA) is 98.7 Å². The maximum absolute atomic E-state index is 12.1. The van der Waals surface area contributed by atoms with Crippen LogP contribution in [0, 0.1) is 0 Å². The summed E-state index contributed by atoms with van der Waals surface area (Å²) in [7, 11) is 0. The van der Waals surface area contributed by atoms with E-state index in [9.17, 15) is 14.7 Å². The van der Waals surface area contributed by atoms with Crippen molar-refractivity contribution in [3.8, 4) is 5.75 Å². The maximum Gasteiger partial charge on any atom is 0.335 e. The van der Waals surface area contributed by atoms with Crippen molar-refractivity contribution >= 4 is 17.6 Å². The number of carboxylic acid groups (broad SMARTS) is 1. The molecule has 108 valence electrons. The van der Waals surface area contributed by atoms with Gasteiger partial charge in [-0.3, -0.25) is 4.79 Å². The van der Waals surface area contributed by atoms with Crippen LogP contribution < -0.4 is 10.6 Å². The monoisotopic (exact) mass is 278 g/mol. The number of carbonyl (C=O) groups is 2. The van der Waals surface area contributed by atoms with Crippen molar-refractivity contribution in [2.45, 2.75) is 31.7 Å². The molecule has 1 saturated heterocycles. The summed E-state index contributed by atoms with van der Waals surface area (Å²) >= 11 is 0. The lowest BCUT2D eigenvalue weighted by Crippen LogP contribution is -2.39. The third-order valence-corrected chi connectivity index (χ3v) is 3.38. The normalized spacial score (nSPS) is 19.1. The second-order valence-electron chi connectivity index (χ2n) is 4.88. The van der Waals surface area contributed by atoms with Gasteiger partial charge >= 0.3 is 5.97 Å². The zero-order valence-corrected chi connectivity index (χ0v) is 11.1. The fraction of sp³-hybridized carbons (Fsp3) is 0.429. The van der Waals surface area contributed by atoms with Gasteiger partial charge in [-0.25, -0.2) is 4.79 Å². The average molecular weight is 278 g/mol. The molecular formula is C14H18N2O4. The Bertz CT molecular complexity index is 508. The molecule has 1 amide bonds. The first-order valence-corrected chi connectivity index (χ1v) is 6.68. The Hall–Kier alpha value is -2.08. The largest absolute Gasteiger partial charge is 0.506 e. The third-order valence-electron chi connectivity index (χ3n) is 3.38. The Balaban J connectivity index is 2.10. The standard InChI is InChI=1S/C14H18N2O4/c17-12-6-5-9(14(19)20)8-11(12)16-13(18)10-4-2-1-3-7-15-10/h5-6,8,10,15,17H,1-4,7H2,(H,16,18)(H,19,20). The molecule has 0 radical (unpaired) electrons. The molecule has 2 rings (SSSR count). The van der Waals surface area contributed by atoms with E-state index in [1.807, 2.05) is 0 Å². The maximum atomic E-state index is 12.1. The van der Waals surface area contributed by atoms with Crippen molar-refractivity contribution in [3.05, 3.63) is 23.8 Å². The number of phenolic OH excluding ortho intramolecular Hbond substituents is 1. The number of carbonyl (C=O) groups excluding carboxylic acids is 1. The molecule has 0 aromatic heterocycles. The van der Waals surface area contributed by atoms with Crippen LogP contribution in [0.3, 0.4) is 0 Å². The molecule has 4 N–H and O–H groups in total. The molecule has 0 spiro atoms. The molecule has 1 aromatic carbocycles. The van der Waals surface area contributed by atoms with E-state index >= 15 is 0 Å². The van der Waals surface area contributed by atoms with Crippen molar-refractivity contribution in [1.82, 2.24) is 5.32 Å². The molecule has 6 heteroatoms. The van der Waals surface area contributed by atoms with Crippen LogP contribution in [0.1, 0.15) is 36.0 Å². The van der Waals surface area contributed by atoms with E-state index < -0.39 is 5.97 Å². The van der Waals surface area contributed by atoms with Crippen LogP contribution in [0.4, 0.5) is 5.69 Å². The number of amides is 1. The number of carboxylic acids is 1. The molecule has 1 heterocycles. The van der Waals surface area contributed by atoms with E-state index in [0.717, 1.165) is 32.2 Å². The molecule has 1 fully saturated rings. The molecule has 0 bridgehead atoms. The van der Waals surface area contributed by atoms with Gasteiger partial charge in [0.1, 0.15) is 5.75 Å². The average Bonchev–Trinajstić information content (AvgIpc) is 2.70. The van der Waals surface area contributed by atoms with Crippen molar-refractivity contribution in [2.75, 3.05) is 11.9 Å². The molecule has 0 saturated carbocycles. The van der Waals surface area contributed by atoms with Gasteiger partial charge in [0.2, 0.25) is 5.91 Å². The highest BCUT2D eigenvalue weighted by Gasteiger charge is 2.20. The number of anilines is 1. The van der Waals surface area contributed by atoms with Gasteiger partial charge in [0, 0.05) is 0 Å². The lowest BCUT2D eigenvalue weighted by molar-refractivity contribution is -0.118. The minimum absolute atomic E-state index is 0.0203. The van der Waals surface area contributed by atoms with Crippen LogP contribution in [0.15, 0.2) is 18.2 Å². The first kappa shape index (κ1) is 14.3. The van der Waals surface area contributed by atoms with Gasteiger partial charge < -0.3 is 20.8 Å². The highest BCUT2D eigenvalue weighted by molar-refractivity contribution is 5.98. The van der Waals surface area contributed by atoms with E-state index in [-0.39, 0.29) is 28.9 Å². The van der Waals surface area contributed by atoms with Crippen LogP contribution in [-0.2, 0) is 4.79 Å². The Labute approximate surface area is 116 Å². The number of aromatic carboxylic acids is 1. The van der Waals surface area contributed by atoms with Gasteiger partial charge in [-0.1, -0.05) is 12.8 Å². The molecule has 1 aliphatic heterocycles. The highest BCUT2D eigenvalue weighted by Crippen LogP contribution is 2.24. The van der Waals surface area contributed by atoms with E-state index in [2.05, 4.69) is 10.6 Å². The predicted molar refractivity (Wildman–Crippen MR) is 74.0 cm³/mol. The van der Waals surface area contributed by atoms with Crippen LogP contribution in [0.5, 0.6) is 5.75 Å². The van der Waals surface area contributed by atoms with Crippen molar-refractivity contribution in [3.63, 3.8) is 0 Å². The molecule has 1 aliphatic rings. The molecule has 1 unspecified atom stereocenters. The molecular weight excluding hydrogens is 260 g/mol. The summed E-state index contributed by atoms with van der Waals surface area (Å²) in [4.78, 5) is 23.0. The van der Waals surface area contributed by atoms with Gasteiger partial charge in [-0.2, -0.15) is 0 Å². The highest BCUT2D eigenvalue weighted by atomic mass is 16.4. The number of nitrogens with one attached hydrogen (secondary N) is 2. The fourth-order valence-corrected chi connectivity index (χ4v) is 2.24. The minimum Gasteiger partial charge on any atom is -0.506 e. The zero-order chi connectivity index (χ0) is 14.5. The predicted octanol–water partition coefficient (Wildman–Crippen LogP) is 1.56. The van der Waals surface area contributed by atoms with Crippen LogP contribution in [0.2, 0.25) is 0 Å². The summed E-state index contributed by atoms with van der Waals surface area (Å²) in [6.07, 6.45) is 3.86. The Morgan fingerprint density at radius 1 is 1.25 bits per heavy atom. The summed E-state index contributed by atoms with van der Waals surface area (Å²) in [6.45, 7) is 0.791. The molecule has 0 aliphatic carbocycles. The van der Waals surface area contributed by atoms with E-state index in [0.29, 0.717) is 0 Å². The van der Waals surface area contributed by atoms with Gasteiger partial charge in [0.05, 0.1) is 17.3 Å². The van der Waals surface area contributed by atoms with Gasteiger partial charge in [-0.05, 0) is 37.6 Å². The first-order chi connectivity index (χ1) is 9.58. The van der Waals surface area contributed by atoms with Crippen LogP contribution in [-0.4, -0.2) is 34.7 Å². The quantitative estimate of drug-likeness (QED) is 0.629. The number of hydrogen-bond donors (Lipinski definition) is 4. The zero-order valence-electron chi connectivity index (χ0n) is 11.1. The smallest absolute Gasteiger partial charge is 0.335 e. The Morgan fingerprint density at radius 3 is 2.80 bits per heavy atom. The summed E-state index contributed by atoms with van der Waals surface area (Å²) < 4.78 is 0. The van der Waals surface area contributed by atoms with E-state index in [1.165, 1.54) is 18.2 Å². The fourth-order valence-electron chi connectivity index (χ4n) is 2.24. The van der Waals surface area contributed by atoms with Gasteiger partial charge in [-0.15, -0.1) is 0 Å². The first-order valence-electron chi connectivity index (χ1n) is 6.68. The molecule has 20 heavy (non-hydrogen) atoms. The molecule has 6 nitrogen and oxygen atoms in total. The Kier molecular flexibility index (Phi) is 4.57. The lowest BCUT2D eigenvalue weighted by atomic mass is 10.1. The number of phenols is 1. The summed E-state index contributed by atoms with van der Waals surface area (Å²) in [5.74, 6) is -1.49. The number of rotatable bonds is 3. The Morgan fingerprint density at radius 2 is 2.05 bits per heavy atom. The van der Waals surface area contributed by atoms with Crippen LogP contribution in [0.25, 0.3) is 0 Å². The van der Waals surface area contributed by atoms with Crippen molar-refractivity contribution in [2.24, 2.45) is 0 Å². The van der Waals surface area contributed by atoms with Crippen molar-refractivity contribution < 1.29 is 19.8 Å². The third kappa shape index (κ3) is 3.48. The summed E-state index contributed by atoms with van der Waals surface area (Å²) in [5.41, 5.74) is 0.146. The van der Waals surface area contributed by atoms with Gasteiger partial charge in [0.25, 0.3) is 0 Å². The lowest BCUT2D eigenvalue weighted by Gasteiger charge is -2.16. The van der Waals surface area contributed by atoms with E-state index in [1.54, 1.807) is 0 Å². The number of benzene rings is 1. The second-order valence-corrected chi connectivity index (χ2v) is 4.88. The molecule has 1 aromatic rings. The van der Waals surface area contributed by atoms with Crippen molar-refractivity contribution in [1.29, 1.82) is 0 Å². The van der Waals surface area contributed by atoms with Crippen LogP contribution >= 0.6 is 0 Å². The SMILES string of the molecule is O=C(O)c1ccc(O)c(NC(=O)C2CCCCCN2)c1. The second kappa shape index (κ2) is 6.38. The van der Waals surface area contributed by atoms with Gasteiger partial charge in [0.15, 0.2) is 0 Å². The number of aromatic hydroxyl groups is 1. The molecule has 1 atom stereocenters. The summed E-state index contributed by atoms with van der Waals surface area (Å²) in [6, 6.07) is 3.51. The van der Waals surface area contributed by atoms with E-state index in [4.69, 9.17) is 5.11 Å². The minimum atomic E-state index is -1.10. The number of hydrogen-bond acceptors (Lipinski definition) is 4.